The van der Waals surface area contributed by atoms with E-state index >= 15 is 0 Å². The van der Waals surface area contributed by atoms with Crippen molar-refractivity contribution in [3.63, 3.8) is 0 Å². The molecule has 9 rings (SSSR count). The topological polar surface area (TPSA) is 12.5 Å². The molecular weight excluding hydrogens is 619 g/mol. The summed E-state index contributed by atoms with van der Waals surface area (Å²) in [6, 6.07) is 44.5. The van der Waals surface area contributed by atoms with Crippen LogP contribution in [0.3, 0.4) is 0 Å². The van der Waals surface area contributed by atoms with E-state index in [-0.39, 0.29) is 10.8 Å². The van der Waals surface area contributed by atoms with Crippen molar-refractivity contribution in [3.05, 3.63) is 168 Å². The average molecular weight is 662 g/mol. The normalized spacial score (nSPS) is 15.8. The molecule has 0 spiro atoms. The standard InChI is InChI=1S/C49H43NO/c1-7-9-20-35(8-2)50-46-42(27-25-38-36-23-21-33(31-16-12-10-13-17-31)29-40(36)48(3,4)44(38)46)51-43-28-26-39-37-24-22-34(32-18-14-11-15-19-32)30-41(37)49(5,6)45(39)47(43)50/h7,9-30H,8H2,1-6H3/b9-7-,35-20+. The Hall–Kier alpha value is -5.60. The molecule has 6 aromatic rings. The Bertz CT molecular complexity index is 2270. The molecule has 0 radical (unpaired) electrons. The predicted octanol–water partition coefficient (Wildman–Crippen LogP) is 13.7. The minimum absolute atomic E-state index is 0.264. The molecule has 3 aliphatic rings. The summed E-state index contributed by atoms with van der Waals surface area (Å²) in [6.45, 7) is 13.9. The highest BCUT2D eigenvalue weighted by atomic mass is 16.5. The SMILES string of the molecule is C/C=C\C=C(/CC)N1c2c(ccc3c2C(C)(C)c2cc(-c4ccccc4)ccc2-3)Oc2ccc3c(c21)C(C)(C)c1cc(-c2ccccc2)ccc1-3. The van der Waals surface area contributed by atoms with E-state index in [1.165, 1.54) is 72.5 Å². The van der Waals surface area contributed by atoms with Crippen LogP contribution in [0.15, 0.2) is 145 Å². The highest BCUT2D eigenvalue weighted by molar-refractivity contribution is 5.99. The summed E-state index contributed by atoms with van der Waals surface area (Å²) < 4.78 is 7.04. The first-order valence-corrected chi connectivity index (χ1v) is 18.3. The third-order valence-corrected chi connectivity index (χ3v) is 11.5. The van der Waals surface area contributed by atoms with Crippen LogP contribution in [-0.4, -0.2) is 0 Å². The van der Waals surface area contributed by atoms with Gasteiger partial charge in [0.1, 0.15) is 0 Å². The molecule has 0 N–H and O–H groups in total. The van der Waals surface area contributed by atoms with Crippen molar-refractivity contribution >= 4 is 11.4 Å². The molecule has 0 fully saturated rings. The van der Waals surface area contributed by atoms with E-state index in [4.69, 9.17) is 4.74 Å². The Morgan fingerprint density at radius 1 is 0.569 bits per heavy atom. The summed E-state index contributed by atoms with van der Waals surface area (Å²) in [5, 5.41) is 0. The minimum atomic E-state index is -0.264. The Kier molecular flexibility index (Phi) is 7.06. The Morgan fingerprint density at radius 3 is 1.45 bits per heavy atom. The lowest BCUT2D eigenvalue weighted by molar-refractivity contribution is 0.470. The maximum atomic E-state index is 7.04. The Balaban J connectivity index is 1.28. The zero-order chi connectivity index (χ0) is 35.1. The molecule has 51 heavy (non-hydrogen) atoms. The predicted molar refractivity (Wildman–Crippen MR) is 214 cm³/mol. The Labute approximate surface area is 302 Å². The summed E-state index contributed by atoms with van der Waals surface area (Å²) in [7, 11) is 0. The number of anilines is 2. The van der Waals surface area contributed by atoms with Crippen LogP contribution in [0.4, 0.5) is 11.4 Å². The number of ether oxygens (including phenoxy) is 1. The van der Waals surface area contributed by atoms with Gasteiger partial charge in [0.05, 0.1) is 11.4 Å². The van der Waals surface area contributed by atoms with E-state index in [1.807, 2.05) is 0 Å². The zero-order valence-corrected chi connectivity index (χ0v) is 30.3. The first kappa shape index (κ1) is 31.4. The lowest BCUT2D eigenvalue weighted by Crippen LogP contribution is -2.29. The summed E-state index contributed by atoms with van der Waals surface area (Å²) in [5.41, 5.74) is 18.5. The number of nitrogens with zero attached hydrogens (tertiary/aromatic N) is 1. The third kappa shape index (κ3) is 4.55. The number of allylic oxidation sites excluding steroid dienone is 4. The maximum Gasteiger partial charge on any atom is 0.151 e. The Morgan fingerprint density at radius 2 is 1.02 bits per heavy atom. The largest absolute Gasteiger partial charge is 0.453 e. The number of fused-ring (bicyclic) bond motifs is 10. The van der Waals surface area contributed by atoms with E-state index < -0.39 is 0 Å². The second-order valence-corrected chi connectivity index (χ2v) is 15.1. The van der Waals surface area contributed by atoms with Gasteiger partial charge in [-0.3, -0.25) is 0 Å². The quantitative estimate of drug-likeness (QED) is 0.171. The van der Waals surface area contributed by atoms with Crippen molar-refractivity contribution < 1.29 is 4.74 Å². The van der Waals surface area contributed by atoms with Gasteiger partial charge in [-0.15, -0.1) is 0 Å². The highest BCUT2D eigenvalue weighted by Crippen LogP contribution is 2.64. The van der Waals surface area contributed by atoms with Gasteiger partial charge in [-0.2, -0.15) is 0 Å². The molecule has 250 valence electrons. The number of benzene rings is 6. The number of hydrogen-bond acceptors (Lipinski definition) is 2. The summed E-state index contributed by atoms with van der Waals surface area (Å²) in [4.78, 5) is 2.57. The molecule has 0 unspecified atom stereocenters. The fourth-order valence-corrected chi connectivity index (χ4v) is 9.02. The van der Waals surface area contributed by atoms with Crippen LogP contribution in [0.5, 0.6) is 11.5 Å². The minimum Gasteiger partial charge on any atom is -0.453 e. The first-order chi connectivity index (χ1) is 24.7. The van der Waals surface area contributed by atoms with E-state index in [1.54, 1.807) is 0 Å². The average Bonchev–Trinajstić information content (AvgIpc) is 3.54. The lowest BCUT2D eigenvalue weighted by Gasteiger charge is -2.41. The van der Waals surface area contributed by atoms with Gasteiger partial charge < -0.3 is 9.64 Å². The van der Waals surface area contributed by atoms with Crippen LogP contribution < -0.4 is 9.64 Å². The molecule has 0 bridgehead atoms. The van der Waals surface area contributed by atoms with Gasteiger partial charge in [0.25, 0.3) is 0 Å². The molecule has 0 atom stereocenters. The molecule has 0 aromatic heterocycles. The van der Waals surface area contributed by atoms with Crippen LogP contribution in [0.2, 0.25) is 0 Å². The van der Waals surface area contributed by atoms with Crippen molar-refractivity contribution in [1.29, 1.82) is 0 Å². The smallest absolute Gasteiger partial charge is 0.151 e. The van der Waals surface area contributed by atoms with Crippen LogP contribution in [0, 0.1) is 0 Å². The monoisotopic (exact) mass is 661 g/mol. The van der Waals surface area contributed by atoms with Gasteiger partial charge in [-0.1, -0.05) is 144 Å². The zero-order valence-electron chi connectivity index (χ0n) is 30.3. The fraction of sp³-hybridized carbons (Fsp3) is 0.184. The van der Waals surface area contributed by atoms with Gasteiger partial charge in [-0.25, -0.2) is 0 Å². The van der Waals surface area contributed by atoms with Gasteiger partial charge >= 0.3 is 0 Å². The molecule has 6 aromatic carbocycles. The maximum absolute atomic E-state index is 7.04. The molecule has 2 nitrogen and oxygen atoms in total. The summed E-state index contributed by atoms with van der Waals surface area (Å²) in [6.07, 6.45) is 7.47. The lowest BCUT2D eigenvalue weighted by atomic mass is 9.78. The van der Waals surface area contributed by atoms with Crippen LogP contribution in [0.1, 0.15) is 70.2 Å². The molecule has 1 heterocycles. The van der Waals surface area contributed by atoms with Crippen molar-refractivity contribution in [2.45, 2.75) is 58.8 Å². The van der Waals surface area contributed by atoms with E-state index in [2.05, 4.69) is 186 Å². The van der Waals surface area contributed by atoms with E-state index in [0.29, 0.717) is 0 Å². The van der Waals surface area contributed by atoms with Crippen molar-refractivity contribution in [2.75, 3.05) is 4.90 Å². The van der Waals surface area contributed by atoms with Crippen LogP contribution in [0.25, 0.3) is 44.5 Å². The molecule has 0 saturated carbocycles. The molecule has 0 amide bonds. The molecule has 0 saturated heterocycles. The summed E-state index contributed by atoms with van der Waals surface area (Å²) in [5.74, 6) is 1.81. The van der Waals surface area contributed by atoms with Crippen molar-refractivity contribution in [2.24, 2.45) is 0 Å². The van der Waals surface area contributed by atoms with Crippen molar-refractivity contribution in [3.8, 4) is 56.0 Å². The molecule has 2 aliphatic carbocycles. The highest BCUT2D eigenvalue weighted by Gasteiger charge is 2.46. The fourth-order valence-electron chi connectivity index (χ4n) is 9.02. The van der Waals surface area contributed by atoms with Crippen molar-refractivity contribution in [1.82, 2.24) is 0 Å². The van der Waals surface area contributed by atoms with E-state index in [9.17, 15) is 0 Å². The second-order valence-electron chi connectivity index (χ2n) is 15.1. The van der Waals surface area contributed by atoms with Crippen LogP contribution in [-0.2, 0) is 10.8 Å². The van der Waals surface area contributed by atoms with Gasteiger partial charge in [0, 0.05) is 16.5 Å². The second kappa shape index (κ2) is 11.5. The molecule has 1 aliphatic heterocycles. The number of hydrogen-bond donors (Lipinski definition) is 0. The van der Waals surface area contributed by atoms with Gasteiger partial charge in [0.15, 0.2) is 11.5 Å². The van der Waals surface area contributed by atoms with Gasteiger partial charge in [-0.05, 0) is 110 Å². The summed E-state index contributed by atoms with van der Waals surface area (Å²) >= 11 is 0. The van der Waals surface area contributed by atoms with Gasteiger partial charge in [0.2, 0.25) is 0 Å². The molecule has 2 heteroatoms. The van der Waals surface area contributed by atoms with Crippen LogP contribution >= 0.6 is 0 Å². The first-order valence-electron chi connectivity index (χ1n) is 18.3. The third-order valence-electron chi connectivity index (χ3n) is 11.5. The molecular formula is C49H43NO. The van der Waals surface area contributed by atoms with E-state index in [0.717, 1.165) is 29.3 Å². The number of rotatable bonds is 5.